The number of fused-ring (bicyclic) bond motifs is 2. The molecule has 1 atom stereocenters. The zero-order valence-electron chi connectivity index (χ0n) is 40.6. The Kier molecular flexibility index (Phi) is 13.2. The van der Waals surface area contributed by atoms with Crippen molar-refractivity contribution < 1.29 is 23.9 Å². The molecule has 0 fully saturated rings. The number of carbonyl (C=O) groups excluding carboxylic acids is 4. The van der Waals surface area contributed by atoms with Crippen LogP contribution in [0.15, 0.2) is 132 Å². The first kappa shape index (κ1) is 47.7. The summed E-state index contributed by atoms with van der Waals surface area (Å²) in [6.45, 7) is 18.9. The van der Waals surface area contributed by atoms with Crippen molar-refractivity contribution in [3.8, 4) is 0 Å². The van der Waals surface area contributed by atoms with Gasteiger partial charge in [-0.1, -0.05) is 64.7 Å². The number of nitrogens with zero attached hydrogens (tertiary/aromatic N) is 8. The molecular weight excluding hydrogens is 866 g/mol. The van der Waals surface area contributed by atoms with Gasteiger partial charge in [-0.15, -0.1) is 0 Å². The highest BCUT2D eigenvalue weighted by Gasteiger charge is 2.40. The lowest BCUT2D eigenvalue weighted by Crippen LogP contribution is -2.59. The molecule has 0 bridgehead atoms. The second-order valence-corrected chi connectivity index (χ2v) is 19.4. The highest BCUT2D eigenvalue weighted by Crippen LogP contribution is 2.25. The summed E-state index contributed by atoms with van der Waals surface area (Å²) >= 11 is 0. The van der Waals surface area contributed by atoms with Gasteiger partial charge in [0.15, 0.2) is 0 Å². The summed E-state index contributed by atoms with van der Waals surface area (Å²) in [6, 6.07) is 27.2. The number of amides is 4. The van der Waals surface area contributed by atoms with Crippen molar-refractivity contribution in [3.05, 3.63) is 177 Å². The second-order valence-electron chi connectivity index (χ2n) is 19.4. The summed E-state index contributed by atoms with van der Waals surface area (Å²) in [5.74, 6) is -1.09. The fraction of sp³-hybridized carbons (Fsp3) is 0.250. The molecular formula is C52H55B2N10O5. The Morgan fingerprint density at radius 1 is 0.652 bits per heavy atom. The van der Waals surface area contributed by atoms with E-state index in [1.54, 1.807) is 76.1 Å². The maximum absolute atomic E-state index is 14.2. The van der Waals surface area contributed by atoms with Crippen molar-refractivity contribution in [1.29, 1.82) is 0 Å². The molecule has 3 aliphatic rings. The van der Waals surface area contributed by atoms with Crippen LogP contribution in [0.3, 0.4) is 0 Å². The van der Waals surface area contributed by atoms with Crippen LogP contribution in [0.4, 0.5) is 5.82 Å². The topological polar surface area (TPSA) is 155 Å². The zero-order valence-corrected chi connectivity index (χ0v) is 40.6. The lowest BCUT2D eigenvalue weighted by molar-refractivity contribution is -0.0699. The van der Waals surface area contributed by atoms with Gasteiger partial charge in [-0.25, -0.2) is 20.1 Å². The number of carbonyl (C=O) groups is 4. The third-order valence-electron chi connectivity index (χ3n) is 11.5. The quantitative estimate of drug-likeness (QED) is 0.135. The molecule has 17 heteroatoms. The highest BCUT2D eigenvalue weighted by atomic mass is 16.7. The summed E-state index contributed by atoms with van der Waals surface area (Å²) < 4.78 is 6.91. The zero-order chi connectivity index (χ0) is 49.4. The fourth-order valence-corrected chi connectivity index (χ4v) is 8.25. The summed E-state index contributed by atoms with van der Waals surface area (Å²) in [6.07, 6.45) is 11.8. The van der Waals surface area contributed by atoms with Crippen molar-refractivity contribution in [3.63, 3.8) is 0 Å². The number of aryl methyl sites for hydroxylation is 4. The lowest BCUT2D eigenvalue weighted by Gasteiger charge is -2.40. The molecule has 1 unspecified atom stereocenters. The number of hydrogen-bond donors (Lipinski definition) is 2. The van der Waals surface area contributed by atoms with Crippen molar-refractivity contribution >= 4 is 67.3 Å². The first-order valence-corrected chi connectivity index (χ1v) is 22.7. The lowest BCUT2D eigenvalue weighted by atomic mass is 9.68. The molecule has 4 amide bonds. The van der Waals surface area contributed by atoms with Gasteiger partial charge in [-0.05, 0) is 158 Å². The van der Waals surface area contributed by atoms with Crippen molar-refractivity contribution in [2.24, 2.45) is 10.2 Å². The molecule has 0 aliphatic carbocycles. The number of hydrogen-bond acceptors (Lipinski definition) is 11. The Bertz CT molecular complexity index is 2920. The monoisotopic (exact) mass is 921 g/mol. The van der Waals surface area contributed by atoms with Crippen LogP contribution < -0.4 is 26.7 Å². The standard InChI is InChI=1S/C52H55B2N10O5/c1-33-23-34(2)26-41(25-33)49(67)61(51(5,6)7)58-47(65)37-17-19-39-31-56-63(53-43(39)29-37)46-16-12-14-22-60(46)69-54-44-30-38(18-20-40(44)32-57-64(54)45-15-11-13-21-55-45)48(66)59-62(52(8,9)10)50(68)42-27-35(3)24-36(4)28-42/h11-32,46H,1-10H3,(H,58,65)(H,59,66). The predicted octanol–water partition coefficient (Wildman–Crippen LogP) is 6.27. The van der Waals surface area contributed by atoms with Crippen LogP contribution in [-0.4, -0.2) is 92.8 Å². The maximum Gasteiger partial charge on any atom is 0.500 e. The molecule has 2 N–H and O–H groups in total. The Balaban J connectivity index is 1.05. The Morgan fingerprint density at radius 3 is 1.75 bits per heavy atom. The molecule has 0 saturated heterocycles. The van der Waals surface area contributed by atoms with Crippen LogP contribution in [0.5, 0.6) is 0 Å². The summed E-state index contributed by atoms with van der Waals surface area (Å²) in [7, 11) is 0.876. The van der Waals surface area contributed by atoms with Gasteiger partial charge in [0.2, 0.25) is 0 Å². The molecule has 15 nitrogen and oxygen atoms in total. The van der Waals surface area contributed by atoms with E-state index >= 15 is 0 Å². The van der Waals surface area contributed by atoms with Gasteiger partial charge in [0.05, 0.1) is 23.5 Å². The second kappa shape index (κ2) is 19.1. The minimum absolute atomic E-state index is 0.289. The molecule has 8 rings (SSSR count). The van der Waals surface area contributed by atoms with Gasteiger partial charge in [-0.3, -0.25) is 39.7 Å². The van der Waals surface area contributed by atoms with Crippen molar-refractivity contribution in [2.45, 2.75) is 86.5 Å². The van der Waals surface area contributed by atoms with Gasteiger partial charge in [0.25, 0.3) is 23.6 Å². The van der Waals surface area contributed by atoms with E-state index < -0.39 is 36.1 Å². The minimum atomic E-state index is -0.949. The first-order valence-electron chi connectivity index (χ1n) is 22.7. The molecule has 349 valence electrons. The Labute approximate surface area is 404 Å². The van der Waals surface area contributed by atoms with Crippen LogP contribution >= 0.6 is 0 Å². The van der Waals surface area contributed by atoms with E-state index in [0.717, 1.165) is 27.8 Å². The highest BCUT2D eigenvalue weighted by molar-refractivity contribution is 6.72. The normalized spacial score (nSPS) is 15.0. The number of hydroxylamine groups is 2. The van der Waals surface area contributed by atoms with E-state index in [9.17, 15) is 19.2 Å². The molecule has 69 heavy (non-hydrogen) atoms. The number of aromatic nitrogens is 1. The predicted molar refractivity (Wildman–Crippen MR) is 271 cm³/mol. The Morgan fingerprint density at radius 2 is 1.20 bits per heavy atom. The van der Waals surface area contributed by atoms with Gasteiger partial charge >= 0.3 is 14.5 Å². The molecule has 4 heterocycles. The van der Waals surface area contributed by atoms with Gasteiger partial charge in [-0.2, -0.15) is 10.2 Å². The SMILES string of the molecule is Cc1cc(C)cc(C(=O)N(NC(=O)c2ccc3c(c2)[B]N(C2C=CC=CN2OB2c4cc(C(=O)NN(C(=O)c5cc(C)cc(C)c5)C(C)(C)C)ccc4C=NN2c2ccccn2)N=C3)C(C)(C)C)c1. The molecule has 4 aromatic carbocycles. The number of nitrogens with one attached hydrogen (secondary N) is 2. The van der Waals surface area contributed by atoms with E-state index in [1.807, 2.05) is 149 Å². The average Bonchev–Trinajstić information content (AvgIpc) is 3.30. The minimum Gasteiger partial charge on any atom is -0.314 e. The third kappa shape index (κ3) is 10.5. The van der Waals surface area contributed by atoms with E-state index in [0.29, 0.717) is 39.0 Å². The number of benzene rings is 4. The van der Waals surface area contributed by atoms with Crippen LogP contribution in [-0.2, 0) is 4.76 Å². The molecule has 5 aromatic rings. The number of rotatable bonds is 8. The maximum atomic E-state index is 14.2. The van der Waals surface area contributed by atoms with Crippen LogP contribution in [0.1, 0.15) is 116 Å². The number of pyridine rings is 1. The van der Waals surface area contributed by atoms with E-state index in [2.05, 4.69) is 15.8 Å². The first-order chi connectivity index (χ1) is 32.7. The Hall–Kier alpha value is -7.78. The summed E-state index contributed by atoms with van der Waals surface area (Å²) in [4.78, 5) is 64.0. The molecule has 0 spiro atoms. The third-order valence-corrected chi connectivity index (χ3v) is 11.5. The molecule has 1 aromatic heterocycles. The van der Waals surface area contributed by atoms with Gasteiger partial charge in [0.1, 0.15) is 12.0 Å². The average molecular weight is 922 g/mol. The number of allylic oxidation sites excluding steroid dienone is 2. The molecule has 0 saturated carbocycles. The van der Waals surface area contributed by atoms with Crippen LogP contribution in [0.2, 0.25) is 0 Å². The van der Waals surface area contributed by atoms with E-state index in [4.69, 9.17) is 15.0 Å². The molecule has 3 aliphatic heterocycles. The van der Waals surface area contributed by atoms with E-state index in [1.165, 1.54) is 10.0 Å². The summed E-state index contributed by atoms with van der Waals surface area (Å²) in [5, 5.41) is 13.9. The van der Waals surface area contributed by atoms with Crippen molar-refractivity contribution in [2.75, 3.05) is 4.92 Å². The number of hydrazone groups is 2. The van der Waals surface area contributed by atoms with Gasteiger partial charge < -0.3 is 4.92 Å². The van der Waals surface area contributed by atoms with E-state index in [-0.39, 0.29) is 17.4 Å². The fourth-order valence-electron chi connectivity index (χ4n) is 8.25. The van der Waals surface area contributed by atoms with Crippen molar-refractivity contribution in [1.82, 2.24) is 35.8 Å². The number of anilines is 1. The number of hydrazine groups is 2. The van der Waals surface area contributed by atoms with Crippen LogP contribution in [0.25, 0.3) is 0 Å². The summed E-state index contributed by atoms with van der Waals surface area (Å²) in [5.41, 5.74) is 12.5. The largest absolute Gasteiger partial charge is 0.500 e. The smallest absolute Gasteiger partial charge is 0.314 e. The van der Waals surface area contributed by atoms with Crippen LogP contribution in [0, 0.1) is 27.7 Å². The molecule has 1 radical (unpaired) electrons. The van der Waals surface area contributed by atoms with Gasteiger partial charge in [0, 0.05) is 34.7 Å².